The molecule has 3 rings (SSSR count). The van der Waals surface area contributed by atoms with Crippen LogP contribution in [-0.2, 0) is 25.6 Å². The number of carbonyl (C=O) groups excluding carboxylic acids is 4. The molecule has 1 fully saturated rings. The summed E-state index contributed by atoms with van der Waals surface area (Å²) < 4.78 is 26.6. The first kappa shape index (κ1) is 26.3. The van der Waals surface area contributed by atoms with Crippen molar-refractivity contribution in [1.29, 1.82) is 0 Å². The summed E-state index contributed by atoms with van der Waals surface area (Å²) in [6, 6.07) is 3.77. The molecule has 3 amide bonds. The lowest BCUT2D eigenvalue weighted by molar-refractivity contribution is -0.148. The fourth-order valence-electron chi connectivity index (χ4n) is 3.06. The van der Waals surface area contributed by atoms with Crippen molar-refractivity contribution < 1.29 is 42.5 Å². The molecule has 2 aromatic rings. The van der Waals surface area contributed by atoms with E-state index in [1.165, 1.54) is 46.5 Å². The maximum Gasteiger partial charge on any atom is 0.373 e. The molecule has 1 aliphatic heterocycles. The molecule has 1 N–H and O–H groups in total. The summed E-state index contributed by atoms with van der Waals surface area (Å²) in [5.41, 5.74) is 0.476. The number of ether oxygens (including phenoxy) is 4. The minimum Gasteiger partial charge on any atom is -0.493 e. The van der Waals surface area contributed by atoms with Crippen LogP contribution < -0.4 is 14.8 Å². The Kier molecular flexibility index (Phi) is 8.22. The van der Waals surface area contributed by atoms with Crippen molar-refractivity contribution in [3.05, 3.63) is 49.9 Å². The van der Waals surface area contributed by atoms with Crippen LogP contribution in [0.2, 0.25) is 0 Å². The van der Waals surface area contributed by atoms with Gasteiger partial charge in [-0.15, -0.1) is 0 Å². The molecule has 35 heavy (non-hydrogen) atoms. The highest BCUT2D eigenvalue weighted by Gasteiger charge is 2.35. The predicted octanol–water partition coefficient (Wildman–Crippen LogP) is 3.63. The highest BCUT2D eigenvalue weighted by molar-refractivity contribution is 9.13. The quantitative estimate of drug-likeness (QED) is 0.268. The summed E-state index contributed by atoms with van der Waals surface area (Å²) >= 11 is 6.84. The van der Waals surface area contributed by atoms with Gasteiger partial charge in [-0.3, -0.25) is 9.69 Å². The average molecular weight is 616 g/mol. The van der Waals surface area contributed by atoms with E-state index in [9.17, 15) is 19.2 Å². The lowest BCUT2D eigenvalue weighted by atomic mass is 10.1. The van der Waals surface area contributed by atoms with E-state index in [0.29, 0.717) is 14.5 Å². The summed E-state index contributed by atoms with van der Waals surface area (Å²) in [7, 11) is 3.88. The Morgan fingerprint density at radius 2 is 1.86 bits per heavy atom. The number of benzene rings is 1. The van der Waals surface area contributed by atoms with E-state index in [1.807, 2.05) is 0 Å². The number of esters is 2. The number of nitrogens with zero attached hydrogens (tertiary/aromatic N) is 1. The zero-order valence-electron chi connectivity index (χ0n) is 19.0. The second-order valence-corrected chi connectivity index (χ2v) is 8.63. The molecule has 2 heterocycles. The van der Waals surface area contributed by atoms with Crippen molar-refractivity contribution in [1.82, 2.24) is 10.2 Å². The summed E-state index contributed by atoms with van der Waals surface area (Å²) in [5, 5.41) is 2.51. The minimum absolute atomic E-state index is 0.000924. The van der Waals surface area contributed by atoms with E-state index < -0.39 is 30.0 Å². The lowest BCUT2D eigenvalue weighted by Gasteiger charge is -2.18. The van der Waals surface area contributed by atoms with E-state index in [2.05, 4.69) is 46.7 Å². The summed E-state index contributed by atoms with van der Waals surface area (Å²) in [6.45, 7) is 1.33. The fourth-order valence-corrected chi connectivity index (χ4v) is 3.99. The molecule has 13 heteroatoms. The molecule has 1 atom stereocenters. The van der Waals surface area contributed by atoms with Crippen molar-refractivity contribution >= 4 is 61.8 Å². The zero-order valence-corrected chi connectivity index (χ0v) is 22.1. The first-order chi connectivity index (χ1) is 16.6. The van der Waals surface area contributed by atoms with Gasteiger partial charge in [-0.25, -0.2) is 14.4 Å². The fraction of sp³-hybridized carbons (Fsp3) is 0.273. The SMILES string of the molecule is COC(=O)c1ccc(CN2C(=O)N/C(=C\c3cc(OC)c(O[C@H](C)C(=O)OC)c(Br)c3Br)C2=O)o1. The predicted molar refractivity (Wildman–Crippen MR) is 128 cm³/mol. The molecule has 1 aromatic heterocycles. The molecule has 0 saturated carbocycles. The van der Waals surface area contributed by atoms with Gasteiger partial charge in [0.2, 0.25) is 5.76 Å². The maximum atomic E-state index is 12.9. The Morgan fingerprint density at radius 1 is 1.14 bits per heavy atom. The van der Waals surface area contributed by atoms with Crippen LogP contribution in [0, 0.1) is 0 Å². The van der Waals surface area contributed by atoms with E-state index >= 15 is 0 Å². The molecule has 0 aliphatic carbocycles. The van der Waals surface area contributed by atoms with Crippen LogP contribution in [0.15, 0.2) is 37.3 Å². The topological polar surface area (TPSA) is 134 Å². The van der Waals surface area contributed by atoms with E-state index in [1.54, 1.807) is 6.07 Å². The second-order valence-electron chi connectivity index (χ2n) is 7.05. The molecular weight excluding hydrogens is 596 g/mol. The molecule has 0 unspecified atom stereocenters. The van der Waals surface area contributed by atoms with Gasteiger partial charge in [0.25, 0.3) is 5.91 Å². The van der Waals surface area contributed by atoms with Crippen molar-refractivity contribution in [2.75, 3.05) is 21.3 Å². The van der Waals surface area contributed by atoms with Crippen LogP contribution in [0.5, 0.6) is 11.5 Å². The van der Waals surface area contributed by atoms with Crippen LogP contribution in [-0.4, -0.2) is 56.2 Å². The summed E-state index contributed by atoms with van der Waals surface area (Å²) in [5.74, 6) is -1.17. The highest BCUT2D eigenvalue weighted by atomic mass is 79.9. The number of furan rings is 1. The van der Waals surface area contributed by atoms with Crippen molar-refractivity contribution in [2.45, 2.75) is 19.6 Å². The highest BCUT2D eigenvalue weighted by Crippen LogP contribution is 2.44. The number of urea groups is 1. The summed E-state index contributed by atoms with van der Waals surface area (Å²) in [6.07, 6.45) is 0.541. The van der Waals surface area contributed by atoms with E-state index in [4.69, 9.17) is 13.9 Å². The van der Waals surface area contributed by atoms with Gasteiger partial charge in [-0.1, -0.05) is 0 Å². The second kappa shape index (κ2) is 11.0. The lowest BCUT2D eigenvalue weighted by Crippen LogP contribution is -2.30. The van der Waals surface area contributed by atoms with Gasteiger partial charge in [0.1, 0.15) is 11.5 Å². The smallest absolute Gasteiger partial charge is 0.373 e. The molecule has 186 valence electrons. The summed E-state index contributed by atoms with van der Waals surface area (Å²) in [4.78, 5) is 49.6. The molecular formula is C22H20Br2N2O9. The number of nitrogens with one attached hydrogen (secondary N) is 1. The standard InChI is InChI=1S/C22H20Br2N2O9/c1-10(20(28)32-3)34-18-15(31-2)8-11(16(23)17(18)24)7-13-19(27)26(22(30)25-13)9-12-5-6-14(35-12)21(29)33-4/h5-8,10H,9H2,1-4H3,(H,25,30)/b13-7-/t10-/m1/s1. The van der Waals surface area contributed by atoms with Gasteiger partial charge in [-0.2, -0.15) is 0 Å². The Bertz CT molecular complexity index is 1220. The Morgan fingerprint density at radius 3 is 2.49 bits per heavy atom. The van der Waals surface area contributed by atoms with Gasteiger partial charge in [0.05, 0.1) is 32.3 Å². The van der Waals surface area contributed by atoms with E-state index in [0.717, 1.165) is 4.90 Å². The van der Waals surface area contributed by atoms with Crippen molar-refractivity contribution in [2.24, 2.45) is 0 Å². The van der Waals surface area contributed by atoms with Crippen molar-refractivity contribution in [3.63, 3.8) is 0 Å². The normalized spacial score (nSPS) is 15.1. The molecule has 0 radical (unpaired) electrons. The molecule has 11 nitrogen and oxygen atoms in total. The van der Waals surface area contributed by atoms with Gasteiger partial charge in [0.15, 0.2) is 17.6 Å². The molecule has 1 saturated heterocycles. The Balaban J connectivity index is 1.87. The van der Waals surface area contributed by atoms with Crippen LogP contribution in [0.25, 0.3) is 6.08 Å². The van der Waals surface area contributed by atoms with Crippen molar-refractivity contribution in [3.8, 4) is 11.5 Å². The number of hydrogen-bond donors (Lipinski definition) is 1. The third-order valence-electron chi connectivity index (χ3n) is 4.83. The van der Waals surface area contributed by atoms with Crippen LogP contribution in [0.3, 0.4) is 0 Å². The molecule has 1 aromatic carbocycles. The number of methoxy groups -OCH3 is 3. The third-order valence-corrected chi connectivity index (χ3v) is 6.97. The number of halogens is 2. The third kappa shape index (κ3) is 5.51. The first-order valence-corrected chi connectivity index (χ1v) is 11.5. The number of carbonyl (C=O) groups is 4. The first-order valence-electron chi connectivity index (χ1n) is 9.93. The van der Waals surface area contributed by atoms with Gasteiger partial charge >= 0.3 is 18.0 Å². The number of rotatable bonds is 8. The monoisotopic (exact) mass is 614 g/mol. The minimum atomic E-state index is -0.910. The van der Waals surface area contributed by atoms with Crippen LogP contribution >= 0.6 is 31.9 Å². The Labute approximate surface area is 216 Å². The molecule has 0 spiro atoms. The average Bonchev–Trinajstić information content (AvgIpc) is 3.42. The largest absolute Gasteiger partial charge is 0.493 e. The van der Waals surface area contributed by atoms with Gasteiger partial charge in [0, 0.05) is 4.47 Å². The number of amides is 3. The van der Waals surface area contributed by atoms with Crippen LogP contribution in [0.4, 0.5) is 4.79 Å². The van der Waals surface area contributed by atoms with Gasteiger partial charge < -0.3 is 28.7 Å². The van der Waals surface area contributed by atoms with E-state index in [-0.39, 0.29) is 35.3 Å². The Hall–Kier alpha value is -3.32. The molecule has 1 aliphatic rings. The number of imide groups is 1. The van der Waals surface area contributed by atoms with Gasteiger partial charge in [-0.05, 0) is 68.6 Å². The maximum absolute atomic E-state index is 12.9. The zero-order chi connectivity index (χ0) is 25.9. The van der Waals surface area contributed by atoms with Crippen LogP contribution in [0.1, 0.15) is 28.8 Å². The molecule has 0 bridgehead atoms. The number of hydrogen-bond acceptors (Lipinski definition) is 9.